The molecule has 1 aromatic heterocycles. The molecule has 5 nitrogen and oxygen atoms in total. The van der Waals surface area contributed by atoms with E-state index in [1.165, 1.54) is 0 Å². The molecule has 0 saturated carbocycles. The van der Waals surface area contributed by atoms with Gasteiger partial charge in [-0.3, -0.25) is 0 Å². The molecule has 2 heterocycles. The average Bonchev–Trinajstić information content (AvgIpc) is 2.37. The molecule has 0 radical (unpaired) electrons. The summed E-state index contributed by atoms with van der Waals surface area (Å²) in [6.45, 7) is 11.5. The van der Waals surface area contributed by atoms with Gasteiger partial charge in [0, 0.05) is 25.2 Å². The Labute approximate surface area is 109 Å². The summed E-state index contributed by atoms with van der Waals surface area (Å²) in [4.78, 5) is 6.96. The maximum Gasteiger partial charge on any atom is 0.246 e. The van der Waals surface area contributed by atoms with Crippen LogP contribution < -0.4 is 10.2 Å². The number of aryl methyl sites for hydroxylation is 2. The van der Waals surface area contributed by atoms with E-state index in [2.05, 4.69) is 48.1 Å². The van der Waals surface area contributed by atoms with Gasteiger partial charge in [-0.1, -0.05) is 13.8 Å². The Bertz CT molecular complexity index is 416. The van der Waals surface area contributed by atoms with Gasteiger partial charge in [0.05, 0.1) is 11.4 Å². The largest absolute Gasteiger partial charge is 0.332 e. The third-order valence-corrected chi connectivity index (χ3v) is 3.54. The zero-order valence-electron chi connectivity index (χ0n) is 11.8. The minimum absolute atomic E-state index is 0.0403. The molecule has 2 rings (SSSR count). The highest BCUT2D eigenvalue weighted by Crippen LogP contribution is 2.22. The number of nitrogens with zero attached hydrogens (tertiary/aromatic N) is 4. The summed E-state index contributed by atoms with van der Waals surface area (Å²) < 4.78 is 0. The molecule has 0 aromatic carbocycles. The van der Waals surface area contributed by atoms with Crippen molar-refractivity contribution in [3.05, 3.63) is 11.4 Å². The van der Waals surface area contributed by atoms with Crippen molar-refractivity contribution >= 4 is 5.95 Å². The molecule has 5 heteroatoms. The number of anilines is 1. The van der Waals surface area contributed by atoms with Gasteiger partial charge in [0.2, 0.25) is 5.95 Å². The van der Waals surface area contributed by atoms with Gasteiger partial charge < -0.3 is 10.2 Å². The van der Waals surface area contributed by atoms with Gasteiger partial charge >= 0.3 is 0 Å². The number of nitrogens with one attached hydrogen (secondary N) is 1. The standard InChI is InChI=1S/C13H23N5/c1-5-10-11(6-2)16-17-12(15-10)18-8-7-14-9-13(18,3)4/h14H,5-9H2,1-4H3. The number of aromatic nitrogens is 3. The first-order valence-corrected chi connectivity index (χ1v) is 6.79. The van der Waals surface area contributed by atoms with E-state index in [1.54, 1.807) is 0 Å². The number of hydrogen-bond donors (Lipinski definition) is 1. The van der Waals surface area contributed by atoms with Crippen LogP contribution in [0.4, 0.5) is 5.95 Å². The first kappa shape index (κ1) is 13.2. The SMILES string of the molecule is CCc1nnc(N2CCNCC2(C)C)nc1CC. The molecule has 1 aromatic rings. The zero-order chi connectivity index (χ0) is 13.2. The molecule has 1 saturated heterocycles. The van der Waals surface area contributed by atoms with E-state index >= 15 is 0 Å². The first-order valence-electron chi connectivity index (χ1n) is 6.79. The topological polar surface area (TPSA) is 53.9 Å². The van der Waals surface area contributed by atoms with Crippen LogP contribution in [-0.4, -0.2) is 40.4 Å². The van der Waals surface area contributed by atoms with Crippen molar-refractivity contribution in [3.8, 4) is 0 Å². The Morgan fingerprint density at radius 3 is 2.50 bits per heavy atom. The highest BCUT2D eigenvalue weighted by Gasteiger charge is 2.31. The summed E-state index contributed by atoms with van der Waals surface area (Å²) in [6, 6.07) is 0. The molecule has 100 valence electrons. The predicted molar refractivity (Wildman–Crippen MR) is 72.9 cm³/mol. The minimum Gasteiger partial charge on any atom is -0.332 e. The quantitative estimate of drug-likeness (QED) is 0.872. The summed E-state index contributed by atoms with van der Waals surface area (Å²) in [6.07, 6.45) is 1.81. The van der Waals surface area contributed by atoms with Gasteiger partial charge in [0.1, 0.15) is 0 Å². The smallest absolute Gasteiger partial charge is 0.246 e. The van der Waals surface area contributed by atoms with E-state index in [-0.39, 0.29) is 5.54 Å². The molecule has 1 aliphatic heterocycles. The molecule has 0 bridgehead atoms. The van der Waals surface area contributed by atoms with Crippen LogP contribution >= 0.6 is 0 Å². The summed E-state index contributed by atoms with van der Waals surface area (Å²) in [5, 5.41) is 12.1. The molecule has 0 unspecified atom stereocenters. The van der Waals surface area contributed by atoms with Crippen LogP contribution in [0.5, 0.6) is 0 Å². The average molecular weight is 249 g/mol. The summed E-state index contributed by atoms with van der Waals surface area (Å²) in [5.41, 5.74) is 2.14. The Morgan fingerprint density at radius 1 is 1.17 bits per heavy atom. The fourth-order valence-electron chi connectivity index (χ4n) is 2.40. The van der Waals surface area contributed by atoms with Gasteiger partial charge in [-0.15, -0.1) is 5.10 Å². The third-order valence-electron chi connectivity index (χ3n) is 3.54. The van der Waals surface area contributed by atoms with E-state index < -0.39 is 0 Å². The van der Waals surface area contributed by atoms with Gasteiger partial charge in [0.25, 0.3) is 0 Å². The van der Waals surface area contributed by atoms with Crippen LogP contribution in [0, 0.1) is 0 Å². The monoisotopic (exact) mass is 249 g/mol. The molecule has 0 spiro atoms. The summed E-state index contributed by atoms with van der Waals surface area (Å²) >= 11 is 0. The number of rotatable bonds is 3. The highest BCUT2D eigenvalue weighted by molar-refractivity contribution is 5.36. The molecule has 0 aliphatic carbocycles. The van der Waals surface area contributed by atoms with Crippen molar-refractivity contribution in [1.82, 2.24) is 20.5 Å². The van der Waals surface area contributed by atoms with Crippen LogP contribution in [0.1, 0.15) is 39.1 Å². The van der Waals surface area contributed by atoms with Crippen molar-refractivity contribution in [2.24, 2.45) is 0 Å². The molecule has 1 N–H and O–H groups in total. The Hall–Kier alpha value is -1.23. The Morgan fingerprint density at radius 2 is 1.89 bits per heavy atom. The van der Waals surface area contributed by atoms with E-state index in [4.69, 9.17) is 4.98 Å². The zero-order valence-corrected chi connectivity index (χ0v) is 11.8. The highest BCUT2D eigenvalue weighted by atomic mass is 15.4. The van der Waals surface area contributed by atoms with Gasteiger partial charge in [-0.25, -0.2) is 4.98 Å². The molecule has 1 aliphatic rings. The lowest BCUT2D eigenvalue weighted by Gasteiger charge is -2.42. The molecule has 1 fully saturated rings. The second-order valence-corrected chi connectivity index (χ2v) is 5.35. The van der Waals surface area contributed by atoms with Crippen molar-refractivity contribution in [1.29, 1.82) is 0 Å². The minimum atomic E-state index is 0.0403. The van der Waals surface area contributed by atoms with Crippen molar-refractivity contribution in [2.45, 2.75) is 46.1 Å². The van der Waals surface area contributed by atoms with Gasteiger partial charge in [-0.05, 0) is 26.7 Å². The van der Waals surface area contributed by atoms with Crippen LogP contribution in [-0.2, 0) is 12.8 Å². The first-order chi connectivity index (χ1) is 8.58. The van der Waals surface area contributed by atoms with Crippen LogP contribution in [0.3, 0.4) is 0 Å². The second kappa shape index (κ2) is 5.18. The van der Waals surface area contributed by atoms with E-state index in [0.717, 1.165) is 49.8 Å². The van der Waals surface area contributed by atoms with E-state index in [9.17, 15) is 0 Å². The van der Waals surface area contributed by atoms with Gasteiger partial charge in [0.15, 0.2) is 0 Å². The summed E-state index contributed by atoms with van der Waals surface area (Å²) in [5.74, 6) is 0.774. The molecule has 0 amide bonds. The third kappa shape index (κ3) is 2.46. The molecule has 0 atom stereocenters. The molecular formula is C13H23N5. The molecular weight excluding hydrogens is 226 g/mol. The van der Waals surface area contributed by atoms with Crippen molar-refractivity contribution in [3.63, 3.8) is 0 Å². The lowest BCUT2D eigenvalue weighted by molar-refractivity contribution is 0.373. The maximum absolute atomic E-state index is 4.71. The Kier molecular flexibility index (Phi) is 3.80. The van der Waals surface area contributed by atoms with Gasteiger partial charge in [-0.2, -0.15) is 5.10 Å². The molecule has 18 heavy (non-hydrogen) atoms. The Balaban J connectivity index is 2.32. The lowest BCUT2D eigenvalue weighted by atomic mass is 10.0. The second-order valence-electron chi connectivity index (χ2n) is 5.35. The number of hydrogen-bond acceptors (Lipinski definition) is 5. The van der Waals surface area contributed by atoms with Crippen LogP contribution in [0.2, 0.25) is 0 Å². The lowest BCUT2D eigenvalue weighted by Crippen LogP contribution is -2.58. The van der Waals surface area contributed by atoms with Crippen molar-refractivity contribution < 1.29 is 0 Å². The normalized spacial score (nSPS) is 19.0. The maximum atomic E-state index is 4.71. The number of piperazine rings is 1. The van der Waals surface area contributed by atoms with E-state index in [0.29, 0.717) is 0 Å². The summed E-state index contributed by atoms with van der Waals surface area (Å²) in [7, 11) is 0. The van der Waals surface area contributed by atoms with E-state index in [1.807, 2.05) is 0 Å². The van der Waals surface area contributed by atoms with Crippen LogP contribution in [0.25, 0.3) is 0 Å². The fraction of sp³-hybridized carbons (Fsp3) is 0.769. The fourth-order valence-corrected chi connectivity index (χ4v) is 2.40. The predicted octanol–water partition coefficient (Wildman–Crippen LogP) is 1.18. The van der Waals surface area contributed by atoms with Crippen LogP contribution in [0.15, 0.2) is 0 Å². The van der Waals surface area contributed by atoms with Crippen molar-refractivity contribution in [2.75, 3.05) is 24.5 Å².